The van der Waals surface area contributed by atoms with E-state index in [0.29, 0.717) is 17.8 Å². The fourth-order valence-corrected chi connectivity index (χ4v) is 6.73. The Morgan fingerprint density at radius 1 is 0.921 bits per heavy atom. The van der Waals surface area contributed by atoms with E-state index < -0.39 is 0 Å². The molecule has 2 N–H and O–H groups in total. The molecule has 3 aromatic carbocycles. The minimum Gasteiger partial charge on any atom is -0.379 e. The zero-order valence-electron chi connectivity index (χ0n) is 21.3. The summed E-state index contributed by atoms with van der Waals surface area (Å²) in [6.45, 7) is 8.20. The number of carbonyl (C=O) groups excluding carboxylic acids is 2. The Morgan fingerprint density at radius 3 is 2.42 bits per heavy atom. The average molecular weight is 505 g/mol. The first kappa shape index (κ1) is 24.2. The van der Waals surface area contributed by atoms with Crippen molar-refractivity contribution >= 4 is 23.2 Å². The molecule has 0 aromatic heterocycles. The molecule has 3 aromatic rings. The van der Waals surface area contributed by atoms with Crippen molar-refractivity contribution in [3.63, 3.8) is 0 Å². The van der Waals surface area contributed by atoms with Crippen LogP contribution in [0.25, 0.3) is 4.85 Å². The van der Waals surface area contributed by atoms with Crippen molar-refractivity contribution in [2.75, 3.05) is 11.9 Å². The Bertz CT molecular complexity index is 1370. The highest BCUT2D eigenvalue weighted by molar-refractivity contribution is 5.95. The van der Waals surface area contributed by atoms with E-state index in [1.54, 1.807) is 0 Å². The molecule has 2 aliphatic heterocycles. The zero-order chi connectivity index (χ0) is 26.1. The number of benzene rings is 3. The highest BCUT2D eigenvalue weighted by Crippen LogP contribution is 2.52. The summed E-state index contributed by atoms with van der Waals surface area (Å²) in [5.74, 6) is 0.0295. The first-order chi connectivity index (χ1) is 18.6. The molecule has 2 fully saturated rings. The van der Waals surface area contributed by atoms with Gasteiger partial charge in [0.1, 0.15) is 0 Å². The third-order valence-electron chi connectivity index (χ3n) is 8.55. The molecule has 0 unspecified atom stereocenters. The molecular weight excluding hydrogens is 472 g/mol. The van der Waals surface area contributed by atoms with Gasteiger partial charge in [-0.1, -0.05) is 73.5 Å². The number of nitrogens with one attached hydrogen (secondary N) is 2. The van der Waals surface area contributed by atoms with E-state index in [1.165, 1.54) is 5.56 Å². The predicted octanol–water partition coefficient (Wildman–Crippen LogP) is 6.28. The molecule has 192 valence electrons. The van der Waals surface area contributed by atoms with Gasteiger partial charge in [-0.3, -0.25) is 9.59 Å². The summed E-state index contributed by atoms with van der Waals surface area (Å²) in [4.78, 5) is 33.0. The molecule has 6 rings (SSSR count). The molecule has 38 heavy (non-hydrogen) atoms. The zero-order valence-corrected chi connectivity index (χ0v) is 21.3. The topological polar surface area (TPSA) is 65.8 Å². The van der Waals surface area contributed by atoms with Gasteiger partial charge in [-0.05, 0) is 48.6 Å². The molecule has 6 nitrogen and oxygen atoms in total. The SMILES string of the molecule is [C-]#[N+]c1ccc2c(c1)N[C@@H](c1ccccc1)[C@H]1CCN(C(=O)[C@H]3CCCC[C@H]3NC(=O)c3ccccc3)[C@@H]21. The summed E-state index contributed by atoms with van der Waals surface area (Å²) in [6, 6.07) is 25.3. The highest BCUT2D eigenvalue weighted by Gasteiger charge is 2.48. The Labute approximate surface area is 223 Å². The lowest BCUT2D eigenvalue weighted by atomic mass is 9.79. The van der Waals surface area contributed by atoms with Crippen LogP contribution in [0.15, 0.2) is 78.9 Å². The molecular formula is C32H32N4O2. The van der Waals surface area contributed by atoms with Crippen molar-refractivity contribution < 1.29 is 9.59 Å². The Morgan fingerprint density at radius 2 is 1.66 bits per heavy atom. The first-order valence-corrected chi connectivity index (χ1v) is 13.6. The van der Waals surface area contributed by atoms with Gasteiger partial charge in [0, 0.05) is 29.8 Å². The maximum absolute atomic E-state index is 14.3. The second kappa shape index (κ2) is 10.3. The lowest BCUT2D eigenvalue weighted by Crippen LogP contribution is -2.50. The monoisotopic (exact) mass is 504 g/mol. The second-order valence-corrected chi connectivity index (χ2v) is 10.7. The highest BCUT2D eigenvalue weighted by atomic mass is 16.2. The van der Waals surface area contributed by atoms with E-state index in [1.807, 2.05) is 54.6 Å². The fourth-order valence-electron chi connectivity index (χ4n) is 6.73. The number of hydrogen-bond donors (Lipinski definition) is 2. The summed E-state index contributed by atoms with van der Waals surface area (Å²) < 4.78 is 0. The van der Waals surface area contributed by atoms with Gasteiger partial charge in [0.25, 0.3) is 5.91 Å². The van der Waals surface area contributed by atoms with Gasteiger partial charge in [-0.15, -0.1) is 0 Å². The van der Waals surface area contributed by atoms with Crippen molar-refractivity contribution in [2.24, 2.45) is 11.8 Å². The van der Waals surface area contributed by atoms with E-state index in [4.69, 9.17) is 6.57 Å². The van der Waals surface area contributed by atoms with Gasteiger partial charge < -0.3 is 15.5 Å². The van der Waals surface area contributed by atoms with Crippen LogP contribution in [0, 0.1) is 18.4 Å². The van der Waals surface area contributed by atoms with Crippen LogP contribution < -0.4 is 10.6 Å². The van der Waals surface area contributed by atoms with Crippen LogP contribution >= 0.6 is 0 Å². The lowest BCUT2D eigenvalue weighted by Gasteiger charge is -2.42. The Hall–Kier alpha value is -4.11. The summed E-state index contributed by atoms with van der Waals surface area (Å²) in [5, 5.41) is 6.91. The summed E-state index contributed by atoms with van der Waals surface area (Å²) in [5.41, 5.74) is 4.43. The Kier molecular flexibility index (Phi) is 6.59. The molecule has 2 amide bonds. The molecule has 0 radical (unpaired) electrons. The molecule has 1 aliphatic carbocycles. The minimum absolute atomic E-state index is 0.0591. The standard InChI is InChI=1S/C32H32N4O2/c1-33-23-16-17-24-28(20-23)34-29(21-10-4-2-5-11-21)26-18-19-36(30(24)26)32(38)25-14-8-9-15-27(25)35-31(37)22-12-6-3-7-13-22/h2-7,10-13,16-17,20,25-27,29-30,34H,8-9,14-15,18-19H2,(H,35,37)/t25-,26+,27+,29-,30-/m0/s1. The van der Waals surface area contributed by atoms with E-state index in [9.17, 15) is 9.59 Å². The van der Waals surface area contributed by atoms with Crippen LogP contribution in [-0.2, 0) is 4.79 Å². The second-order valence-electron chi connectivity index (χ2n) is 10.7. The molecule has 5 atom stereocenters. The van der Waals surface area contributed by atoms with E-state index in [2.05, 4.69) is 44.6 Å². The maximum atomic E-state index is 14.3. The first-order valence-electron chi connectivity index (χ1n) is 13.6. The number of fused-ring (bicyclic) bond motifs is 3. The number of hydrogen-bond acceptors (Lipinski definition) is 3. The smallest absolute Gasteiger partial charge is 0.251 e. The van der Waals surface area contributed by atoms with E-state index in [0.717, 1.165) is 43.4 Å². The molecule has 1 saturated heterocycles. The van der Waals surface area contributed by atoms with Crippen molar-refractivity contribution in [3.8, 4) is 0 Å². The average Bonchev–Trinajstić information content (AvgIpc) is 3.43. The summed E-state index contributed by atoms with van der Waals surface area (Å²) in [6.07, 6.45) is 4.51. The van der Waals surface area contributed by atoms with Crippen molar-refractivity contribution in [1.29, 1.82) is 0 Å². The molecule has 2 heterocycles. The number of nitrogens with zero attached hydrogens (tertiary/aromatic N) is 2. The van der Waals surface area contributed by atoms with Crippen molar-refractivity contribution in [3.05, 3.63) is 107 Å². The van der Waals surface area contributed by atoms with Gasteiger partial charge in [0.05, 0.1) is 24.6 Å². The number of anilines is 1. The maximum Gasteiger partial charge on any atom is 0.251 e. The van der Waals surface area contributed by atoms with Crippen LogP contribution in [0.3, 0.4) is 0 Å². The largest absolute Gasteiger partial charge is 0.379 e. The third-order valence-corrected chi connectivity index (χ3v) is 8.55. The quantitative estimate of drug-likeness (QED) is 0.411. The number of likely N-dealkylation sites (tertiary alicyclic amines) is 1. The normalized spacial score (nSPS) is 25.9. The van der Waals surface area contributed by atoms with Crippen molar-refractivity contribution in [1.82, 2.24) is 10.2 Å². The molecule has 1 saturated carbocycles. The van der Waals surface area contributed by atoms with Crippen molar-refractivity contribution in [2.45, 2.75) is 50.2 Å². The Balaban J connectivity index is 1.30. The number of amides is 2. The van der Waals surface area contributed by atoms with Gasteiger partial charge in [0.15, 0.2) is 5.69 Å². The van der Waals surface area contributed by atoms with Crippen LogP contribution in [-0.4, -0.2) is 29.3 Å². The van der Waals surface area contributed by atoms with Crippen LogP contribution in [0.2, 0.25) is 0 Å². The number of rotatable bonds is 4. The lowest BCUT2D eigenvalue weighted by molar-refractivity contribution is -0.138. The summed E-state index contributed by atoms with van der Waals surface area (Å²) >= 11 is 0. The molecule has 0 bridgehead atoms. The predicted molar refractivity (Wildman–Crippen MR) is 148 cm³/mol. The van der Waals surface area contributed by atoms with E-state index in [-0.39, 0.29) is 41.8 Å². The molecule has 6 heteroatoms. The van der Waals surface area contributed by atoms with Crippen LogP contribution in [0.1, 0.15) is 65.7 Å². The van der Waals surface area contributed by atoms with Gasteiger partial charge in [-0.2, -0.15) is 0 Å². The minimum atomic E-state index is -0.230. The summed E-state index contributed by atoms with van der Waals surface area (Å²) in [7, 11) is 0. The number of carbonyl (C=O) groups is 2. The fraction of sp³-hybridized carbons (Fsp3) is 0.344. The van der Waals surface area contributed by atoms with Gasteiger partial charge >= 0.3 is 0 Å². The third kappa shape index (κ3) is 4.43. The van der Waals surface area contributed by atoms with Gasteiger partial charge in [-0.25, -0.2) is 4.85 Å². The van der Waals surface area contributed by atoms with E-state index >= 15 is 0 Å². The molecule has 3 aliphatic rings. The van der Waals surface area contributed by atoms with Crippen LogP contribution in [0.4, 0.5) is 11.4 Å². The van der Waals surface area contributed by atoms with Crippen LogP contribution in [0.5, 0.6) is 0 Å². The van der Waals surface area contributed by atoms with Gasteiger partial charge in [0.2, 0.25) is 5.91 Å². The molecule has 0 spiro atoms.